The van der Waals surface area contributed by atoms with Crippen molar-refractivity contribution < 1.29 is 9.50 Å². The van der Waals surface area contributed by atoms with Gasteiger partial charge in [0, 0.05) is 0 Å². The van der Waals surface area contributed by atoms with Crippen molar-refractivity contribution in [3.8, 4) is 0 Å². The normalized spacial score (nSPS) is 17.7. The van der Waals surface area contributed by atoms with Gasteiger partial charge in [-0.05, 0) is 49.7 Å². The fourth-order valence-corrected chi connectivity index (χ4v) is 1.92. The van der Waals surface area contributed by atoms with Crippen LogP contribution in [0.4, 0.5) is 4.39 Å². The van der Waals surface area contributed by atoms with E-state index in [9.17, 15) is 9.50 Å². The fourth-order valence-electron chi connectivity index (χ4n) is 1.92. The van der Waals surface area contributed by atoms with Crippen molar-refractivity contribution in [2.45, 2.75) is 38.2 Å². The standard InChI is InChI=1S/C13H17FO/c14-12-6-2-1-4-10(12)5-3-7-13(15)11-8-9-11/h1-2,4,6,11,13,15H,3,5,7-9H2. The number of hydrogen-bond donors (Lipinski definition) is 1. The van der Waals surface area contributed by atoms with Crippen LogP contribution in [0.1, 0.15) is 31.2 Å². The zero-order valence-electron chi connectivity index (χ0n) is 8.82. The summed E-state index contributed by atoms with van der Waals surface area (Å²) in [4.78, 5) is 0. The topological polar surface area (TPSA) is 20.2 Å². The first kappa shape index (κ1) is 10.6. The molecule has 1 saturated carbocycles. The van der Waals surface area contributed by atoms with Crippen LogP contribution in [-0.4, -0.2) is 11.2 Å². The quantitative estimate of drug-likeness (QED) is 0.788. The van der Waals surface area contributed by atoms with Crippen LogP contribution >= 0.6 is 0 Å². The number of rotatable bonds is 5. The molecule has 1 fully saturated rings. The molecule has 1 aromatic rings. The Hall–Kier alpha value is -0.890. The average Bonchev–Trinajstić information content (AvgIpc) is 3.04. The molecule has 1 aliphatic rings. The highest BCUT2D eigenvalue weighted by molar-refractivity contribution is 5.17. The second-order valence-electron chi connectivity index (χ2n) is 4.39. The summed E-state index contributed by atoms with van der Waals surface area (Å²) in [7, 11) is 0. The molecule has 1 atom stereocenters. The summed E-state index contributed by atoms with van der Waals surface area (Å²) in [5.74, 6) is 0.407. The van der Waals surface area contributed by atoms with Crippen LogP contribution in [0.5, 0.6) is 0 Å². The van der Waals surface area contributed by atoms with Gasteiger partial charge in [0.25, 0.3) is 0 Å². The predicted octanol–water partition coefficient (Wildman–Crippen LogP) is 2.92. The van der Waals surface area contributed by atoms with E-state index < -0.39 is 0 Å². The first-order valence-corrected chi connectivity index (χ1v) is 5.69. The van der Waals surface area contributed by atoms with E-state index in [4.69, 9.17) is 0 Å². The average molecular weight is 208 g/mol. The molecule has 1 nitrogen and oxygen atoms in total. The third kappa shape index (κ3) is 3.03. The zero-order valence-corrected chi connectivity index (χ0v) is 8.82. The summed E-state index contributed by atoms with van der Waals surface area (Å²) in [6.45, 7) is 0. The molecule has 0 aromatic heterocycles. The van der Waals surface area contributed by atoms with E-state index in [1.54, 1.807) is 6.07 Å². The summed E-state index contributed by atoms with van der Waals surface area (Å²) in [5.41, 5.74) is 0.764. The maximum absolute atomic E-state index is 13.2. The Morgan fingerprint density at radius 2 is 2.07 bits per heavy atom. The molecule has 15 heavy (non-hydrogen) atoms. The van der Waals surface area contributed by atoms with Gasteiger partial charge >= 0.3 is 0 Å². The number of aliphatic hydroxyl groups is 1. The molecule has 0 saturated heterocycles. The lowest BCUT2D eigenvalue weighted by molar-refractivity contribution is 0.139. The predicted molar refractivity (Wildman–Crippen MR) is 58.1 cm³/mol. The maximum Gasteiger partial charge on any atom is 0.126 e. The summed E-state index contributed by atoms with van der Waals surface area (Å²) >= 11 is 0. The van der Waals surface area contributed by atoms with Crippen molar-refractivity contribution in [2.24, 2.45) is 5.92 Å². The molecular weight excluding hydrogens is 191 g/mol. The van der Waals surface area contributed by atoms with Gasteiger partial charge in [-0.25, -0.2) is 4.39 Å². The molecular formula is C13H17FO. The van der Waals surface area contributed by atoms with E-state index in [-0.39, 0.29) is 11.9 Å². The molecule has 1 aromatic carbocycles. The van der Waals surface area contributed by atoms with E-state index in [0.717, 1.165) is 24.8 Å². The van der Waals surface area contributed by atoms with E-state index >= 15 is 0 Å². The van der Waals surface area contributed by atoms with Crippen molar-refractivity contribution in [3.05, 3.63) is 35.6 Å². The number of benzene rings is 1. The highest BCUT2D eigenvalue weighted by atomic mass is 19.1. The molecule has 2 rings (SSSR count). The number of halogens is 1. The van der Waals surface area contributed by atoms with Gasteiger partial charge < -0.3 is 5.11 Å². The Kier molecular flexibility index (Phi) is 3.37. The van der Waals surface area contributed by atoms with Crippen LogP contribution in [0.3, 0.4) is 0 Å². The highest BCUT2D eigenvalue weighted by Gasteiger charge is 2.28. The smallest absolute Gasteiger partial charge is 0.126 e. The van der Waals surface area contributed by atoms with Crippen LogP contribution in [0.2, 0.25) is 0 Å². The summed E-state index contributed by atoms with van der Waals surface area (Å²) < 4.78 is 13.2. The lowest BCUT2D eigenvalue weighted by atomic mass is 10.0. The molecule has 0 aliphatic heterocycles. The Morgan fingerprint density at radius 3 is 2.73 bits per heavy atom. The van der Waals surface area contributed by atoms with Crippen molar-refractivity contribution in [1.29, 1.82) is 0 Å². The third-order valence-electron chi connectivity index (χ3n) is 3.07. The number of aliphatic hydroxyl groups excluding tert-OH is 1. The Balaban J connectivity index is 1.75. The SMILES string of the molecule is OC(CCCc1ccccc1F)C1CC1. The van der Waals surface area contributed by atoms with Crippen LogP contribution in [-0.2, 0) is 6.42 Å². The zero-order chi connectivity index (χ0) is 10.7. The molecule has 1 aliphatic carbocycles. The van der Waals surface area contributed by atoms with Gasteiger partial charge in [0.05, 0.1) is 6.10 Å². The summed E-state index contributed by atoms with van der Waals surface area (Å²) in [6, 6.07) is 6.87. The molecule has 0 heterocycles. The van der Waals surface area contributed by atoms with Gasteiger partial charge in [0.1, 0.15) is 5.82 Å². The molecule has 1 N–H and O–H groups in total. The minimum absolute atomic E-state index is 0.126. The summed E-state index contributed by atoms with van der Waals surface area (Å²) in [6.07, 6.45) is 4.59. The molecule has 82 valence electrons. The van der Waals surface area contributed by atoms with Gasteiger partial charge in [-0.2, -0.15) is 0 Å². The van der Waals surface area contributed by atoms with Gasteiger partial charge in [-0.3, -0.25) is 0 Å². The molecule has 1 unspecified atom stereocenters. The van der Waals surface area contributed by atoms with Crippen LogP contribution in [0.25, 0.3) is 0 Å². The minimum atomic E-state index is -0.156. The van der Waals surface area contributed by atoms with Crippen molar-refractivity contribution in [2.75, 3.05) is 0 Å². The second kappa shape index (κ2) is 4.75. The third-order valence-corrected chi connectivity index (χ3v) is 3.07. The first-order valence-electron chi connectivity index (χ1n) is 5.69. The molecule has 0 amide bonds. The Labute approximate surface area is 89.9 Å². The number of aryl methyl sites for hydroxylation is 1. The fraction of sp³-hybridized carbons (Fsp3) is 0.538. The lowest BCUT2D eigenvalue weighted by Crippen LogP contribution is -2.09. The van der Waals surface area contributed by atoms with Gasteiger partial charge in [0.2, 0.25) is 0 Å². The van der Waals surface area contributed by atoms with E-state index in [1.165, 1.54) is 18.9 Å². The van der Waals surface area contributed by atoms with Gasteiger partial charge in [-0.15, -0.1) is 0 Å². The molecule has 0 spiro atoms. The molecule has 0 radical (unpaired) electrons. The van der Waals surface area contributed by atoms with Crippen LogP contribution in [0.15, 0.2) is 24.3 Å². The highest BCUT2D eigenvalue weighted by Crippen LogP contribution is 2.34. The van der Waals surface area contributed by atoms with Crippen molar-refractivity contribution in [3.63, 3.8) is 0 Å². The van der Waals surface area contributed by atoms with Crippen LogP contribution < -0.4 is 0 Å². The minimum Gasteiger partial charge on any atom is -0.393 e. The van der Waals surface area contributed by atoms with E-state index in [1.807, 2.05) is 12.1 Å². The Bertz CT molecular complexity index is 320. The monoisotopic (exact) mass is 208 g/mol. The first-order chi connectivity index (χ1) is 7.27. The maximum atomic E-state index is 13.2. The molecule has 2 heteroatoms. The lowest BCUT2D eigenvalue weighted by Gasteiger charge is -2.08. The summed E-state index contributed by atoms with van der Waals surface area (Å²) in [5, 5.41) is 9.64. The molecule has 0 bridgehead atoms. The van der Waals surface area contributed by atoms with Crippen molar-refractivity contribution in [1.82, 2.24) is 0 Å². The van der Waals surface area contributed by atoms with E-state index in [2.05, 4.69) is 0 Å². The van der Waals surface area contributed by atoms with E-state index in [0.29, 0.717) is 5.92 Å². The van der Waals surface area contributed by atoms with Crippen molar-refractivity contribution >= 4 is 0 Å². The van der Waals surface area contributed by atoms with Gasteiger partial charge in [0.15, 0.2) is 0 Å². The van der Waals surface area contributed by atoms with Gasteiger partial charge in [-0.1, -0.05) is 18.2 Å². The van der Waals surface area contributed by atoms with Crippen LogP contribution in [0, 0.1) is 11.7 Å². The second-order valence-corrected chi connectivity index (χ2v) is 4.39. The number of hydrogen-bond acceptors (Lipinski definition) is 1. The Morgan fingerprint density at radius 1 is 1.33 bits per heavy atom. The largest absolute Gasteiger partial charge is 0.393 e.